The van der Waals surface area contributed by atoms with Crippen LogP contribution in [0.4, 0.5) is 5.69 Å². The number of carbonyl (C=O) groups excluding carboxylic acids is 2. The second-order valence-corrected chi connectivity index (χ2v) is 7.64. The van der Waals surface area contributed by atoms with Crippen molar-refractivity contribution >= 4 is 62.3 Å². The minimum Gasteiger partial charge on any atom is -0.340 e. The van der Waals surface area contributed by atoms with Gasteiger partial charge in [0.15, 0.2) is 0 Å². The lowest BCUT2D eigenvalue weighted by Crippen LogP contribution is -2.41. The maximum atomic E-state index is 12.7. The van der Waals surface area contributed by atoms with Gasteiger partial charge in [0.2, 0.25) is 5.91 Å². The number of thiazole rings is 1. The van der Waals surface area contributed by atoms with Crippen LogP contribution >= 0.6 is 34.5 Å². The Balaban J connectivity index is 1.49. The summed E-state index contributed by atoms with van der Waals surface area (Å²) in [6, 6.07) is 9.81. The summed E-state index contributed by atoms with van der Waals surface area (Å²) < 4.78 is 0.938. The summed E-state index contributed by atoms with van der Waals surface area (Å²) in [5.74, 6) is -0.426. The molecule has 1 N–H and O–H groups in total. The number of hydrogen-bond acceptors (Lipinski definition) is 4. The molecule has 0 radical (unpaired) electrons. The van der Waals surface area contributed by atoms with Gasteiger partial charge in [-0.3, -0.25) is 9.59 Å². The second-order valence-electron chi connectivity index (χ2n) is 5.94. The molecule has 132 valence electrons. The van der Waals surface area contributed by atoms with Crippen molar-refractivity contribution < 1.29 is 9.59 Å². The quantitative estimate of drug-likeness (QED) is 0.711. The highest BCUT2D eigenvalue weighted by Crippen LogP contribution is 2.29. The lowest BCUT2D eigenvalue weighted by Gasteiger charge is -2.18. The molecule has 0 saturated carbocycles. The molecule has 1 aliphatic heterocycles. The number of nitrogens with one attached hydrogen (secondary N) is 1. The third-order valence-electron chi connectivity index (χ3n) is 4.32. The van der Waals surface area contributed by atoms with Crippen LogP contribution in [0.15, 0.2) is 41.9 Å². The van der Waals surface area contributed by atoms with Gasteiger partial charge in [-0.05, 0) is 42.8 Å². The molecule has 1 saturated heterocycles. The van der Waals surface area contributed by atoms with Crippen molar-refractivity contribution in [3.05, 3.63) is 57.5 Å². The molecule has 2 aromatic carbocycles. The van der Waals surface area contributed by atoms with Gasteiger partial charge in [0.25, 0.3) is 5.91 Å². The molecular formula is C18H13Cl2N3O2S. The maximum Gasteiger partial charge on any atom is 0.251 e. The van der Waals surface area contributed by atoms with Gasteiger partial charge in [0.05, 0.1) is 25.8 Å². The smallest absolute Gasteiger partial charge is 0.251 e. The number of halogens is 2. The Morgan fingerprint density at radius 2 is 2.04 bits per heavy atom. The zero-order chi connectivity index (χ0) is 18.3. The standard InChI is InChI=1S/C18H13Cl2N3O2S/c19-12-3-2-11(8-13(12)20)23-6-5-15(18(23)25)22-17(24)10-1-4-14-16(7-10)26-9-21-14/h1-4,7-9,15H,5-6H2,(H,22,24). The Bertz CT molecular complexity index is 1020. The Morgan fingerprint density at radius 1 is 1.19 bits per heavy atom. The minimum atomic E-state index is -0.561. The van der Waals surface area contributed by atoms with E-state index in [-0.39, 0.29) is 11.8 Å². The summed E-state index contributed by atoms with van der Waals surface area (Å²) in [7, 11) is 0. The average Bonchev–Trinajstić information content (AvgIpc) is 3.24. The Labute approximate surface area is 163 Å². The van der Waals surface area contributed by atoms with E-state index in [2.05, 4.69) is 10.3 Å². The summed E-state index contributed by atoms with van der Waals surface area (Å²) in [6.07, 6.45) is 0.535. The number of nitrogens with zero attached hydrogens (tertiary/aromatic N) is 2. The van der Waals surface area contributed by atoms with Crippen molar-refractivity contribution in [2.45, 2.75) is 12.5 Å². The first-order valence-electron chi connectivity index (χ1n) is 7.93. The fourth-order valence-corrected chi connectivity index (χ4v) is 3.97. The summed E-state index contributed by atoms with van der Waals surface area (Å²) >= 11 is 13.4. The third-order valence-corrected chi connectivity index (χ3v) is 5.85. The van der Waals surface area contributed by atoms with Crippen LogP contribution in [-0.2, 0) is 4.79 Å². The Hall–Kier alpha value is -2.15. The van der Waals surface area contributed by atoms with Crippen LogP contribution in [0.1, 0.15) is 16.8 Å². The van der Waals surface area contributed by atoms with Gasteiger partial charge in [-0.2, -0.15) is 0 Å². The van der Waals surface area contributed by atoms with E-state index in [0.717, 1.165) is 10.2 Å². The predicted octanol–water partition coefficient (Wildman–Crippen LogP) is 4.14. The molecule has 1 atom stereocenters. The summed E-state index contributed by atoms with van der Waals surface area (Å²) in [5, 5.41) is 3.65. The molecule has 5 nitrogen and oxygen atoms in total. The van der Waals surface area contributed by atoms with Crippen molar-refractivity contribution in [3.8, 4) is 0 Å². The number of anilines is 1. The molecular weight excluding hydrogens is 393 g/mol. The number of benzene rings is 2. The summed E-state index contributed by atoms with van der Waals surface area (Å²) in [6.45, 7) is 0.510. The highest BCUT2D eigenvalue weighted by molar-refractivity contribution is 7.16. The van der Waals surface area contributed by atoms with Crippen molar-refractivity contribution in [2.24, 2.45) is 0 Å². The highest BCUT2D eigenvalue weighted by atomic mass is 35.5. The molecule has 1 unspecified atom stereocenters. The minimum absolute atomic E-state index is 0.157. The third kappa shape index (κ3) is 3.16. The topological polar surface area (TPSA) is 62.3 Å². The number of aromatic nitrogens is 1. The molecule has 4 rings (SSSR count). The van der Waals surface area contributed by atoms with E-state index < -0.39 is 6.04 Å². The first kappa shape index (κ1) is 17.3. The van der Waals surface area contributed by atoms with Crippen LogP contribution in [0.5, 0.6) is 0 Å². The van der Waals surface area contributed by atoms with Crippen LogP contribution in [0.2, 0.25) is 10.0 Å². The SMILES string of the molecule is O=C(NC1CCN(c2ccc(Cl)c(Cl)c2)C1=O)c1ccc2ncsc2c1. The Kier molecular flexibility index (Phi) is 4.56. The van der Waals surface area contributed by atoms with E-state index in [1.807, 2.05) is 0 Å². The van der Waals surface area contributed by atoms with E-state index in [0.29, 0.717) is 34.3 Å². The van der Waals surface area contributed by atoms with Gasteiger partial charge in [-0.25, -0.2) is 4.98 Å². The molecule has 0 bridgehead atoms. The van der Waals surface area contributed by atoms with Crippen LogP contribution in [0.3, 0.4) is 0 Å². The van der Waals surface area contributed by atoms with Gasteiger partial charge >= 0.3 is 0 Å². The van der Waals surface area contributed by atoms with Crippen LogP contribution in [-0.4, -0.2) is 29.4 Å². The fraction of sp³-hybridized carbons (Fsp3) is 0.167. The van der Waals surface area contributed by atoms with Crippen molar-refractivity contribution in [2.75, 3.05) is 11.4 Å². The normalized spacial score (nSPS) is 17.1. The molecule has 3 aromatic rings. The monoisotopic (exact) mass is 405 g/mol. The van der Waals surface area contributed by atoms with Crippen LogP contribution in [0, 0.1) is 0 Å². The lowest BCUT2D eigenvalue weighted by molar-refractivity contribution is -0.118. The molecule has 26 heavy (non-hydrogen) atoms. The second kappa shape index (κ2) is 6.87. The van der Waals surface area contributed by atoms with E-state index in [1.165, 1.54) is 11.3 Å². The molecule has 2 amide bonds. The van der Waals surface area contributed by atoms with Crippen LogP contribution < -0.4 is 10.2 Å². The molecule has 1 aliphatic rings. The number of carbonyl (C=O) groups is 2. The van der Waals surface area contributed by atoms with E-state index in [1.54, 1.807) is 46.8 Å². The molecule has 0 spiro atoms. The van der Waals surface area contributed by atoms with E-state index in [4.69, 9.17) is 23.2 Å². The largest absolute Gasteiger partial charge is 0.340 e. The van der Waals surface area contributed by atoms with Gasteiger partial charge in [-0.15, -0.1) is 11.3 Å². The van der Waals surface area contributed by atoms with Gasteiger partial charge in [-0.1, -0.05) is 23.2 Å². The first-order valence-corrected chi connectivity index (χ1v) is 9.57. The summed E-state index contributed by atoms with van der Waals surface area (Å²) in [5.41, 5.74) is 3.78. The highest BCUT2D eigenvalue weighted by Gasteiger charge is 2.34. The zero-order valence-corrected chi connectivity index (χ0v) is 15.7. The average molecular weight is 406 g/mol. The zero-order valence-electron chi connectivity index (χ0n) is 13.4. The van der Waals surface area contributed by atoms with Crippen LogP contribution in [0.25, 0.3) is 10.2 Å². The predicted molar refractivity (Wildman–Crippen MR) is 104 cm³/mol. The Morgan fingerprint density at radius 3 is 2.85 bits per heavy atom. The lowest BCUT2D eigenvalue weighted by atomic mass is 10.1. The molecule has 1 fully saturated rings. The summed E-state index contributed by atoms with van der Waals surface area (Å²) in [4.78, 5) is 31.0. The van der Waals surface area contributed by atoms with E-state index in [9.17, 15) is 9.59 Å². The number of hydrogen-bond donors (Lipinski definition) is 1. The van der Waals surface area contributed by atoms with Gasteiger partial charge in [0.1, 0.15) is 6.04 Å². The first-order chi connectivity index (χ1) is 12.5. The van der Waals surface area contributed by atoms with Gasteiger partial charge in [0, 0.05) is 17.8 Å². The van der Waals surface area contributed by atoms with Crippen molar-refractivity contribution in [3.63, 3.8) is 0 Å². The van der Waals surface area contributed by atoms with Crippen molar-refractivity contribution in [1.29, 1.82) is 0 Å². The molecule has 8 heteroatoms. The fourth-order valence-electron chi connectivity index (χ4n) is 2.96. The number of fused-ring (bicyclic) bond motifs is 1. The maximum absolute atomic E-state index is 12.7. The number of amides is 2. The molecule has 1 aromatic heterocycles. The van der Waals surface area contributed by atoms with Gasteiger partial charge < -0.3 is 10.2 Å². The molecule has 0 aliphatic carbocycles. The number of rotatable bonds is 3. The molecule has 2 heterocycles. The van der Waals surface area contributed by atoms with Crippen molar-refractivity contribution in [1.82, 2.24) is 10.3 Å². The van der Waals surface area contributed by atoms with E-state index >= 15 is 0 Å².